The summed E-state index contributed by atoms with van der Waals surface area (Å²) in [5.74, 6) is 0. The fourth-order valence-corrected chi connectivity index (χ4v) is 7.63. The SMILES string of the molecule is c1ccc(-c2cc(-c3ccc(-c4cc5ccc6c(ccc7ccsc76)c5s4)cc3)cc(-c3ccccc3)n2)cc1. The van der Waals surface area contributed by atoms with Crippen molar-refractivity contribution in [1.82, 2.24) is 4.98 Å². The highest BCUT2D eigenvalue weighted by atomic mass is 32.1. The Morgan fingerprint density at radius 3 is 1.70 bits per heavy atom. The summed E-state index contributed by atoms with van der Waals surface area (Å²) in [5, 5.41) is 7.51. The average Bonchev–Trinajstić information content (AvgIpc) is 3.69. The van der Waals surface area contributed by atoms with Crippen LogP contribution in [0.4, 0.5) is 0 Å². The number of benzene rings is 5. The number of aromatic nitrogens is 1. The highest BCUT2D eigenvalue weighted by Gasteiger charge is 2.12. The van der Waals surface area contributed by atoms with E-state index >= 15 is 0 Å². The third-order valence-corrected chi connectivity index (χ3v) is 9.76. The third-order valence-electron chi connectivity index (χ3n) is 7.56. The molecule has 3 heterocycles. The van der Waals surface area contributed by atoms with Crippen LogP contribution < -0.4 is 0 Å². The van der Waals surface area contributed by atoms with E-state index in [1.54, 1.807) is 0 Å². The standard InChI is InChI=1S/C37H23NS2/c1-3-7-25(8-4-1)33-21-30(22-34(38-33)26-9-5-2-6-10-26)24-11-13-27(14-12-24)35-23-29-16-18-31-32(37(29)40-35)17-15-28-19-20-39-36(28)31/h1-23H. The Kier molecular flexibility index (Phi) is 5.58. The minimum Gasteiger partial charge on any atom is -0.248 e. The quantitative estimate of drug-likeness (QED) is 0.214. The van der Waals surface area contributed by atoms with Crippen LogP contribution in [0.25, 0.3) is 75.0 Å². The van der Waals surface area contributed by atoms with Crippen LogP contribution in [-0.4, -0.2) is 4.98 Å². The van der Waals surface area contributed by atoms with Crippen molar-refractivity contribution in [3.8, 4) is 44.1 Å². The molecule has 40 heavy (non-hydrogen) atoms. The first-order chi connectivity index (χ1) is 19.8. The second-order valence-corrected chi connectivity index (χ2v) is 12.0. The molecule has 0 unspecified atom stereocenters. The highest BCUT2D eigenvalue weighted by molar-refractivity contribution is 7.23. The van der Waals surface area contributed by atoms with E-state index in [4.69, 9.17) is 4.98 Å². The number of thiophene rings is 2. The number of hydrogen-bond donors (Lipinski definition) is 0. The monoisotopic (exact) mass is 545 g/mol. The first-order valence-corrected chi connectivity index (χ1v) is 15.1. The second kappa shape index (κ2) is 9.56. The van der Waals surface area contributed by atoms with Gasteiger partial charge in [-0.2, -0.15) is 0 Å². The molecule has 0 radical (unpaired) electrons. The van der Waals surface area contributed by atoms with Crippen LogP contribution in [0.15, 0.2) is 139 Å². The Bertz CT molecular complexity index is 2080. The van der Waals surface area contributed by atoms with Crippen LogP contribution in [0, 0.1) is 0 Å². The highest BCUT2D eigenvalue weighted by Crippen LogP contribution is 2.41. The molecule has 0 amide bonds. The fraction of sp³-hybridized carbons (Fsp3) is 0. The molecule has 0 atom stereocenters. The Balaban J connectivity index is 1.20. The van der Waals surface area contributed by atoms with Gasteiger partial charge in [-0.15, -0.1) is 22.7 Å². The zero-order valence-corrected chi connectivity index (χ0v) is 23.2. The molecule has 0 fully saturated rings. The van der Waals surface area contributed by atoms with Crippen LogP contribution in [0.2, 0.25) is 0 Å². The summed E-state index contributed by atoms with van der Waals surface area (Å²) < 4.78 is 2.74. The summed E-state index contributed by atoms with van der Waals surface area (Å²) in [5.41, 5.74) is 7.81. The summed E-state index contributed by atoms with van der Waals surface area (Å²) in [6.45, 7) is 0. The molecule has 8 aromatic rings. The normalized spacial score (nSPS) is 11.5. The Hall–Kier alpha value is -4.57. The number of fused-ring (bicyclic) bond motifs is 5. The summed E-state index contributed by atoms with van der Waals surface area (Å²) in [6, 6.07) is 47.9. The zero-order chi connectivity index (χ0) is 26.5. The molecule has 5 aromatic carbocycles. The van der Waals surface area contributed by atoms with Crippen LogP contribution in [0.3, 0.4) is 0 Å². The number of nitrogens with zero attached hydrogens (tertiary/aromatic N) is 1. The summed E-state index contributed by atoms with van der Waals surface area (Å²) in [4.78, 5) is 6.33. The van der Waals surface area contributed by atoms with Crippen molar-refractivity contribution in [2.75, 3.05) is 0 Å². The van der Waals surface area contributed by atoms with Crippen LogP contribution in [-0.2, 0) is 0 Å². The van der Waals surface area contributed by atoms with Gasteiger partial charge in [-0.05, 0) is 57.1 Å². The Morgan fingerprint density at radius 1 is 0.425 bits per heavy atom. The van der Waals surface area contributed by atoms with Crippen LogP contribution >= 0.6 is 22.7 Å². The summed E-state index contributed by atoms with van der Waals surface area (Å²) in [6.07, 6.45) is 0. The zero-order valence-electron chi connectivity index (χ0n) is 21.5. The van der Waals surface area contributed by atoms with Crippen molar-refractivity contribution in [3.05, 3.63) is 139 Å². The van der Waals surface area contributed by atoms with E-state index in [9.17, 15) is 0 Å². The smallest absolute Gasteiger partial charge is 0.0715 e. The molecule has 3 heteroatoms. The van der Waals surface area contributed by atoms with E-state index in [1.807, 2.05) is 34.8 Å². The van der Waals surface area contributed by atoms with Crippen molar-refractivity contribution in [2.45, 2.75) is 0 Å². The molecule has 0 bridgehead atoms. The van der Waals surface area contributed by atoms with E-state index in [1.165, 1.54) is 52.5 Å². The molecule has 8 rings (SSSR count). The van der Waals surface area contributed by atoms with Gasteiger partial charge in [-0.3, -0.25) is 0 Å². The van der Waals surface area contributed by atoms with E-state index in [0.29, 0.717) is 0 Å². The van der Waals surface area contributed by atoms with Gasteiger partial charge in [0.1, 0.15) is 0 Å². The first kappa shape index (κ1) is 23.3. The molecule has 0 saturated carbocycles. The number of hydrogen-bond acceptors (Lipinski definition) is 3. The van der Waals surface area contributed by atoms with Crippen LogP contribution in [0.1, 0.15) is 0 Å². The van der Waals surface area contributed by atoms with E-state index in [-0.39, 0.29) is 0 Å². The topological polar surface area (TPSA) is 12.9 Å². The molecule has 188 valence electrons. The van der Waals surface area contributed by atoms with Gasteiger partial charge < -0.3 is 0 Å². The Morgan fingerprint density at radius 2 is 1.02 bits per heavy atom. The lowest BCUT2D eigenvalue weighted by molar-refractivity contribution is 1.32. The molecule has 0 N–H and O–H groups in total. The lowest BCUT2D eigenvalue weighted by atomic mass is 9.99. The molecule has 0 saturated heterocycles. The van der Waals surface area contributed by atoms with Crippen molar-refractivity contribution in [3.63, 3.8) is 0 Å². The molecular weight excluding hydrogens is 523 g/mol. The first-order valence-electron chi connectivity index (χ1n) is 13.4. The molecular formula is C37H23NS2. The van der Waals surface area contributed by atoms with E-state index < -0.39 is 0 Å². The second-order valence-electron chi connectivity index (χ2n) is 10.0. The van der Waals surface area contributed by atoms with Crippen molar-refractivity contribution < 1.29 is 0 Å². The summed E-state index contributed by atoms with van der Waals surface area (Å²) in [7, 11) is 0. The number of pyridine rings is 1. The maximum Gasteiger partial charge on any atom is 0.0715 e. The van der Waals surface area contributed by atoms with Gasteiger partial charge in [-0.1, -0.05) is 109 Å². The molecule has 0 aliphatic carbocycles. The van der Waals surface area contributed by atoms with Gasteiger partial charge in [0, 0.05) is 36.2 Å². The predicted molar refractivity (Wildman–Crippen MR) is 174 cm³/mol. The van der Waals surface area contributed by atoms with Gasteiger partial charge >= 0.3 is 0 Å². The maximum atomic E-state index is 5.03. The Labute approximate surface area is 240 Å². The van der Waals surface area contributed by atoms with Gasteiger partial charge in [0.25, 0.3) is 0 Å². The van der Waals surface area contributed by atoms with Gasteiger partial charge in [0.15, 0.2) is 0 Å². The van der Waals surface area contributed by atoms with Gasteiger partial charge in [0.05, 0.1) is 11.4 Å². The fourth-order valence-electron chi connectivity index (χ4n) is 5.51. The van der Waals surface area contributed by atoms with Gasteiger partial charge in [-0.25, -0.2) is 4.98 Å². The average molecular weight is 546 g/mol. The predicted octanol–water partition coefficient (Wildman–Crippen LogP) is 11.3. The van der Waals surface area contributed by atoms with Crippen LogP contribution in [0.5, 0.6) is 0 Å². The lowest BCUT2D eigenvalue weighted by Gasteiger charge is -2.11. The maximum absolute atomic E-state index is 5.03. The molecule has 0 spiro atoms. The minimum absolute atomic E-state index is 0.984. The molecule has 1 nitrogen and oxygen atoms in total. The van der Waals surface area contributed by atoms with Gasteiger partial charge in [0.2, 0.25) is 0 Å². The summed E-state index contributed by atoms with van der Waals surface area (Å²) >= 11 is 3.71. The number of rotatable bonds is 4. The van der Waals surface area contributed by atoms with E-state index in [0.717, 1.165) is 22.5 Å². The molecule has 0 aliphatic heterocycles. The lowest BCUT2D eigenvalue weighted by Crippen LogP contribution is -1.91. The van der Waals surface area contributed by atoms with Crippen molar-refractivity contribution >= 4 is 53.6 Å². The van der Waals surface area contributed by atoms with Crippen molar-refractivity contribution in [2.24, 2.45) is 0 Å². The molecule has 3 aromatic heterocycles. The van der Waals surface area contributed by atoms with Crippen molar-refractivity contribution in [1.29, 1.82) is 0 Å². The van der Waals surface area contributed by atoms with E-state index in [2.05, 4.69) is 127 Å². The molecule has 0 aliphatic rings. The largest absolute Gasteiger partial charge is 0.248 e. The third kappa shape index (κ3) is 4.03. The minimum atomic E-state index is 0.984.